The fourth-order valence-electron chi connectivity index (χ4n) is 8.31. The van der Waals surface area contributed by atoms with Crippen molar-refractivity contribution in [3.63, 3.8) is 0 Å². The van der Waals surface area contributed by atoms with Crippen molar-refractivity contribution in [2.45, 2.75) is 0 Å². The summed E-state index contributed by atoms with van der Waals surface area (Å²) in [5.41, 5.74) is 5.08. The maximum absolute atomic E-state index is 2.44. The molecule has 49 heavy (non-hydrogen) atoms. The SMILES string of the molecule is c1ccc2c(c1)c1ccccc1c1cc(-c3ccc4[se]c5ccc(-c6ccc7c8ccccc8c8ccccc8c7c6)cc5c4c3)ccc21. The van der Waals surface area contributed by atoms with Gasteiger partial charge in [0.25, 0.3) is 0 Å². The van der Waals surface area contributed by atoms with Crippen molar-refractivity contribution in [1.82, 2.24) is 0 Å². The number of fused-ring (bicyclic) bond motifs is 15. The molecule has 0 fully saturated rings. The van der Waals surface area contributed by atoms with E-state index in [0.717, 1.165) is 0 Å². The van der Waals surface area contributed by atoms with Crippen LogP contribution in [0.25, 0.3) is 106 Å². The summed E-state index contributed by atoms with van der Waals surface area (Å²) in [4.78, 5) is 0. The van der Waals surface area contributed by atoms with Gasteiger partial charge in [0.2, 0.25) is 0 Å². The average Bonchev–Trinajstić information content (AvgIpc) is 3.55. The molecule has 226 valence electrons. The van der Waals surface area contributed by atoms with Crippen molar-refractivity contribution >= 4 is 98.4 Å². The zero-order chi connectivity index (χ0) is 32.1. The molecule has 0 unspecified atom stereocenters. The van der Waals surface area contributed by atoms with E-state index in [2.05, 4.69) is 170 Å². The first-order valence-corrected chi connectivity index (χ1v) is 18.6. The van der Waals surface area contributed by atoms with Crippen LogP contribution in [0, 0.1) is 0 Å². The summed E-state index contributed by atoms with van der Waals surface area (Å²) in [6.07, 6.45) is 0. The van der Waals surface area contributed by atoms with Gasteiger partial charge in [0, 0.05) is 0 Å². The van der Waals surface area contributed by atoms with E-state index in [1.54, 1.807) is 0 Å². The molecule has 0 spiro atoms. The molecule has 0 nitrogen and oxygen atoms in total. The van der Waals surface area contributed by atoms with Crippen molar-refractivity contribution in [2.75, 3.05) is 0 Å². The Hall–Kier alpha value is -5.72. The van der Waals surface area contributed by atoms with E-state index in [1.807, 2.05) is 0 Å². The van der Waals surface area contributed by atoms with Crippen LogP contribution in [0.4, 0.5) is 0 Å². The van der Waals surface area contributed by atoms with Crippen molar-refractivity contribution in [3.05, 3.63) is 170 Å². The summed E-state index contributed by atoms with van der Waals surface area (Å²) in [5.74, 6) is 0. The number of benzene rings is 10. The molecule has 0 radical (unpaired) electrons. The first-order valence-electron chi connectivity index (χ1n) is 16.9. The average molecular weight is 684 g/mol. The monoisotopic (exact) mass is 684 g/mol. The molecule has 1 aromatic heterocycles. The standard InChI is InChI=1S/C48H28Se/c1-3-13-37-33(9-1)35-11-5-7-15-39(35)43-25-29(17-21-41(37)43)31-19-23-47-45(27-31)46-28-32(20-24-48(46)49-47)30-18-22-42-38-14-4-2-10-34(38)36-12-6-8-16-40(36)44(42)26-30/h1-28H. The van der Waals surface area contributed by atoms with Gasteiger partial charge in [-0.1, -0.05) is 0 Å². The molecular weight excluding hydrogens is 655 g/mol. The fraction of sp³-hybridized carbons (Fsp3) is 0. The molecular formula is C48H28Se. The molecule has 0 N–H and O–H groups in total. The van der Waals surface area contributed by atoms with E-state index in [9.17, 15) is 0 Å². The van der Waals surface area contributed by atoms with Gasteiger partial charge in [0.1, 0.15) is 0 Å². The van der Waals surface area contributed by atoms with E-state index in [-0.39, 0.29) is 0 Å². The Kier molecular flexibility index (Phi) is 5.78. The molecule has 10 aromatic carbocycles. The molecule has 0 saturated heterocycles. The van der Waals surface area contributed by atoms with Gasteiger partial charge >= 0.3 is 291 Å². The van der Waals surface area contributed by atoms with Crippen LogP contribution in [0.2, 0.25) is 0 Å². The summed E-state index contributed by atoms with van der Waals surface area (Å²) in [7, 11) is 0. The molecule has 11 aromatic rings. The zero-order valence-electron chi connectivity index (χ0n) is 26.6. The molecule has 1 heteroatoms. The summed E-state index contributed by atoms with van der Waals surface area (Å²) < 4.78 is 2.94. The molecule has 0 aliphatic rings. The Balaban J connectivity index is 1.08. The van der Waals surface area contributed by atoms with Gasteiger partial charge in [0.05, 0.1) is 0 Å². The number of hydrogen-bond donors (Lipinski definition) is 0. The zero-order valence-corrected chi connectivity index (χ0v) is 28.3. The van der Waals surface area contributed by atoms with Crippen LogP contribution in [0.15, 0.2) is 170 Å². The van der Waals surface area contributed by atoms with Gasteiger partial charge in [-0.3, -0.25) is 0 Å². The quantitative estimate of drug-likeness (QED) is 0.126. The molecule has 0 saturated carbocycles. The van der Waals surface area contributed by atoms with E-state index in [0.29, 0.717) is 14.5 Å². The second-order valence-corrected chi connectivity index (χ2v) is 15.5. The number of rotatable bonds is 2. The third-order valence-electron chi connectivity index (χ3n) is 10.6. The molecule has 1 heterocycles. The van der Waals surface area contributed by atoms with Crippen molar-refractivity contribution in [2.24, 2.45) is 0 Å². The molecule has 0 amide bonds. The van der Waals surface area contributed by atoms with Crippen LogP contribution in [0.3, 0.4) is 0 Å². The van der Waals surface area contributed by atoms with Crippen LogP contribution in [0.1, 0.15) is 0 Å². The minimum atomic E-state index is 0.304. The topological polar surface area (TPSA) is 0 Å². The van der Waals surface area contributed by atoms with Gasteiger partial charge in [-0.25, -0.2) is 0 Å². The van der Waals surface area contributed by atoms with E-state index in [1.165, 1.54) is 106 Å². The first-order chi connectivity index (χ1) is 24.3. The minimum absolute atomic E-state index is 0.304. The van der Waals surface area contributed by atoms with E-state index >= 15 is 0 Å². The second kappa shape index (κ2) is 10.4. The van der Waals surface area contributed by atoms with Crippen LogP contribution >= 0.6 is 0 Å². The predicted molar refractivity (Wildman–Crippen MR) is 214 cm³/mol. The molecule has 0 aliphatic carbocycles. The summed E-state index contributed by atoms with van der Waals surface area (Å²) in [6.45, 7) is 0. The van der Waals surface area contributed by atoms with Crippen LogP contribution < -0.4 is 0 Å². The van der Waals surface area contributed by atoms with Gasteiger partial charge < -0.3 is 0 Å². The fourth-order valence-corrected chi connectivity index (χ4v) is 10.5. The number of hydrogen-bond acceptors (Lipinski definition) is 0. The summed E-state index contributed by atoms with van der Waals surface area (Å²) >= 11 is 0.304. The maximum atomic E-state index is 2.44. The van der Waals surface area contributed by atoms with Crippen molar-refractivity contribution in [1.29, 1.82) is 0 Å². The molecule has 0 bridgehead atoms. The Morgan fingerprint density at radius 1 is 0.204 bits per heavy atom. The molecule has 0 atom stereocenters. The first kappa shape index (κ1) is 27.3. The van der Waals surface area contributed by atoms with E-state index < -0.39 is 0 Å². The Bertz CT molecular complexity index is 2880. The second-order valence-electron chi connectivity index (χ2n) is 13.2. The Morgan fingerprint density at radius 2 is 0.449 bits per heavy atom. The predicted octanol–water partition coefficient (Wildman–Crippen LogP) is 13.3. The summed E-state index contributed by atoms with van der Waals surface area (Å²) in [5, 5.41) is 18.6. The molecule has 11 rings (SSSR count). The van der Waals surface area contributed by atoms with E-state index in [4.69, 9.17) is 0 Å². The van der Waals surface area contributed by atoms with Crippen molar-refractivity contribution in [3.8, 4) is 22.3 Å². The van der Waals surface area contributed by atoms with Gasteiger partial charge in [-0.05, 0) is 0 Å². The third kappa shape index (κ3) is 4.04. The van der Waals surface area contributed by atoms with Crippen LogP contribution in [0.5, 0.6) is 0 Å². The van der Waals surface area contributed by atoms with Gasteiger partial charge in [0.15, 0.2) is 0 Å². The van der Waals surface area contributed by atoms with Crippen molar-refractivity contribution < 1.29 is 0 Å². The van der Waals surface area contributed by atoms with Gasteiger partial charge in [-0.15, -0.1) is 0 Å². The normalized spacial score (nSPS) is 12.1. The van der Waals surface area contributed by atoms with Crippen LogP contribution in [-0.4, -0.2) is 14.5 Å². The molecule has 0 aliphatic heterocycles. The summed E-state index contributed by atoms with van der Waals surface area (Å²) in [6, 6.07) is 63.7. The Labute approximate surface area is 289 Å². The third-order valence-corrected chi connectivity index (χ3v) is 13.0. The van der Waals surface area contributed by atoms with Crippen LogP contribution in [-0.2, 0) is 0 Å². The van der Waals surface area contributed by atoms with Gasteiger partial charge in [-0.2, -0.15) is 0 Å². The Morgan fingerprint density at radius 3 is 0.776 bits per heavy atom.